The summed E-state index contributed by atoms with van der Waals surface area (Å²) >= 11 is 0. The Bertz CT molecular complexity index is 1180. The second-order valence-electron chi connectivity index (χ2n) is 14.1. The third-order valence-electron chi connectivity index (χ3n) is 8.47. The van der Waals surface area contributed by atoms with Crippen molar-refractivity contribution in [3.05, 3.63) is 130 Å². The molecule has 1 N–H and O–H groups in total. The van der Waals surface area contributed by atoms with Crippen molar-refractivity contribution in [2.24, 2.45) is 16.7 Å². The highest BCUT2D eigenvalue weighted by Gasteiger charge is 2.31. The van der Waals surface area contributed by atoms with Crippen LogP contribution in [-0.2, 0) is 0 Å². The molecule has 0 heterocycles. The first-order chi connectivity index (χ1) is 19.6. The van der Waals surface area contributed by atoms with Crippen molar-refractivity contribution in [3.8, 4) is 0 Å². The van der Waals surface area contributed by atoms with Gasteiger partial charge in [-0.2, -0.15) is 0 Å². The first kappa shape index (κ1) is 35.3. The van der Waals surface area contributed by atoms with E-state index >= 15 is 0 Å². The number of hydrogen-bond acceptors (Lipinski definition) is 1. The van der Waals surface area contributed by atoms with E-state index in [9.17, 15) is 5.11 Å². The maximum Gasteiger partial charge on any atom is 0.0585 e. The molecule has 0 aromatic rings. The van der Waals surface area contributed by atoms with E-state index in [2.05, 4.69) is 161 Å². The molecule has 0 aromatic carbocycles. The van der Waals surface area contributed by atoms with E-state index in [1.54, 1.807) is 0 Å². The van der Waals surface area contributed by atoms with Crippen LogP contribution < -0.4 is 0 Å². The summed E-state index contributed by atoms with van der Waals surface area (Å²) in [7, 11) is 0. The molecule has 0 saturated heterocycles. The summed E-state index contributed by atoms with van der Waals surface area (Å²) in [6, 6.07) is 0. The van der Waals surface area contributed by atoms with Gasteiger partial charge in [-0.1, -0.05) is 153 Å². The van der Waals surface area contributed by atoms with Gasteiger partial charge in [-0.25, -0.2) is 0 Å². The molecule has 2 rings (SSSR count). The van der Waals surface area contributed by atoms with E-state index in [1.807, 2.05) is 0 Å². The van der Waals surface area contributed by atoms with Crippen molar-refractivity contribution >= 4 is 0 Å². The average Bonchev–Trinajstić information content (AvgIpc) is 2.84. The normalized spacial score (nSPS) is 25.0. The monoisotopic (exact) mass is 566 g/mol. The molecule has 0 radical (unpaired) electrons. The minimum atomic E-state index is -0.221. The zero-order valence-corrected chi connectivity index (χ0v) is 28.5. The summed E-state index contributed by atoms with van der Waals surface area (Å²) in [5.74, 6) is 0.773. The topological polar surface area (TPSA) is 20.2 Å². The Morgan fingerprint density at radius 2 is 0.976 bits per heavy atom. The van der Waals surface area contributed by atoms with Crippen molar-refractivity contribution in [1.82, 2.24) is 0 Å². The van der Waals surface area contributed by atoms with Crippen LogP contribution in [0.5, 0.6) is 0 Å². The highest BCUT2D eigenvalue weighted by Crippen LogP contribution is 2.43. The summed E-state index contributed by atoms with van der Waals surface area (Å²) in [4.78, 5) is 0. The molecule has 0 fully saturated rings. The van der Waals surface area contributed by atoms with E-state index in [1.165, 1.54) is 57.4 Å². The molecule has 0 spiro atoms. The fraction of sp³-hybridized carbons (Fsp3) is 0.463. The van der Waals surface area contributed by atoms with Gasteiger partial charge in [-0.3, -0.25) is 0 Å². The lowest BCUT2D eigenvalue weighted by Gasteiger charge is -2.36. The van der Waals surface area contributed by atoms with Gasteiger partial charge >= 0.3 is 0 Å². The molecule has 0 aromatic heterocycles. The van der Waals surface area contributed by atoms with Crippen LogP contribution in [0.2, 0.25) is 0 Å². The SMILES string of the molecule is CC1=C(/C=C/C(C)=C/C=C/C(C)=C/C=C/C=C(C)/C=C/C=C(C)/C=C/C2=C(C)C[C@H](O)CC2(C)C)C(C)(C)C[C@H](C)C1. The molecule has 2 aliphatic rings. The molecule has 0 saturated carbocycles. The van der Waals surface area contributed by atoms with Gasteiger partial charge in [-0.15, -0.1) is 0 Å². The fourth-order valence-electron chi connectivity index (χ4n) is 6.58. The van der Waals surface area contributed by atoms with Crippen LogP contribution in [0.4, 0.5) is 0 Å². The van der Waals surface area contributed by atoms with Gasteiger partial charge in [0.25, 0.3) is 0 Å². The molecule has 0 bridgehead atoms. The lowest BCUT2D eigenvalue weighted by atomic mass is 9.69. The summed E-state index contributed by atoms with van der Waals surface area (Å²) in [5.41, 5.74) is 10.9. The zero-order valence-electron chi connectivity index (χ0n) is 28.5. The van der Waals surface area contributed by atoms with Gasteiger partial charge in [0.05, 0.1) is 6.10 Å². The molecule has 228 valence electrons. The van der Waals surface area contributed by atoms with Crippen LogP contribution in [-0.4, -0.2) is 11.2 Å². The van der Waals surface area contributed by atoms with Crippen LogP contribution in [0.25, 0.3) is 0 Å². The van der Waals surface area contributed by atoms with Gasteiger partial charge in [0.2, 0.25) is 0 Å². The number of allylic oxidation sites excluding steroid dienone is 21. The van der Waals surface area contributed by atoms with E-state index in [0.29, 0.717) is 0 Å². The molecule has 1 nitrogen and oxygen atoms in total. The Balaban J connectivity index is 1.90. The Labute approximate surface area is 259 Å². The van der Waals surface area contributed by atoms with E-state index < -0.39 is 0 Å². The second kappa shape index (κ2) is 16.1. The summed E-state index contributed by atoms with van der Waals surface area (Å²) < 4.78 is 0. The maximum absolute atomic E-state index is 10.1. The van der Waals surface area contributed by atoms with Gasteiger partial charge in [0, 0.05) is 0 Å². The molecule has 1 heteroatoms. The highest BCUT2D eigenvalue weighted by atomic mass is 16.3. The lowest BCUT2D eigenvalue weighted by Crippen LogP contribution is -2.28. The van der Waals surface area contributed by atoms with Gasteiger partial charge in [0.1, 0.15) is 0 Å². The van der Waals surface area contributed by atoms with Crippen molar-refractivity contribution < 1.29 is 5.11 Å². The predicted molar refractivity (Wildman–Crippen MR) is 187 cm³/mol. The fourth-order valence-corrected chi connectivity index (χ4v) is 6.58. The highest BCUT2D eigenvalue weighted by molar-refractivity contribution is 5.39. The Morgan fingerprint density at radius 1 is 0.595 bits per heavy atom. The molecule has 0 aliphatic heterocycles. The number of hydrogen-bond donors (Lipinski definition) is 1. The van der Waals surface area contributed by atoms with E-state index in [-0.39, 0.29) is 16.9 Å². The largest absolute Gasteiger partial charge is 0.393 e. The van der Waals surface area contributed by atoms with Gasteiger partial charge < -0.3 is 5.11 Å². The quantitative estimate of drug-likeness (QED) is 0.261. The Morgan fingerprint density at radius 3 is 1.40 bits per heavy atom. The third kappa shape index (κ3) is 11.8. The van der Waals surface area contributed by atoms with Crippen molar-refractivity contribution in [2.75, 3.05) is 0 Å². The van der Waals surface area contributed by atoms with Crippen molar-refractivity contribution in [2.45, 2.75) is 108 Å². The number of aliphatic hydroxyl groups excluding tert-OH is 1. The Kier molecular flexibility index (Phi) is 13.5. The Hall–Kier alpha value is -2.90. The number of aliphatic hydroxyl groups is 1. The molecule has 0 unspecified atom stereocenters. The first-order valence-electron chi connectivity index (χ1n) is 15.8. The van der Waals surface area contributed by atoms with Crippen LogP contribution in [0.15, 0.2) is 130 Å². The number of rotatable bonds is 10. The van der Waals surface area contributed by atoms with Gasteiger partial charge in [-0.05, 0) is 95.1 Å². The van der Waals surface area contributed by atoms with Gasteiger partial charge in [0.15, 0.2) is 0 Å². The summed E-state index contributed by atoms with van der Waals surface area (Å²) in [6.07, 6.45) is 34.2. The second-order valence-corrected chi connectivity index (χ2v) is 14.1. The first-order valence-corrected chi connectivity index (χ1v) is 15.8. The molecular formula is C41H58O. The third-order valence-corrected chi connectivity index (χ3v) is 8.47. The lowest BCUT2D eigenvalue weighted by molar-refractivity contribution is 0.116. The van der Waals surface area contributed by atoms with Crippen LogP contribution in [0.3, 0.4) is 0 Å². The summed E-state index contributed by atoms with van der Waals surface area (Å²) in [5, 5.41) is 10.1. The molecule has 2 atom stereocenters. The van der Waals surface area contributed by atoms with Crippen molar-refractivity contribution in [1.29, 1.82) is 0 Å². The van der Waals surface area contributed by atoms with Crippen LogP contribution in [0, 0.1) is 16.7 Å². The average molecular weight is 567 g/mol. The molecule has 2 aliphatic carbocycles. The van der Waals surface area contributed by atoms with Crippen LogP contribution >= 0.6 is 0 Å². The van der Waals surface area contributed by atoms with Crippen LogP contribution in [0.1, 0.15) is 102 Å². The maximum atomic E-state index is 10.1. The smallest absolute Gasteiger partial charge is 0.0585 e. The minimum absolute atomic E-state index is 0.0119. The molecular weight excluding hydrogens is 508 g/mol. The van der Waals surface area contributed by atoms with E-state index in [4.69, 9.17) is 0 Å². The van der Waals surface area contributed by atoms with Crippen molar-refractivity contribution in [3.63, 3.8) is 0 Å². The minimum Gasteiger partial charge on any atom is -0.393 e. The summed E-state index contributed by atoms with van der Waals surface area (Å²) in [6.45, 7) is 24.6. The molecule has 0 amide bonds. The predicted octanol–water partition coefficient (Wildman–Crippen LogP) is 11.8. The molecule has 42 heavy (non-hydrogen) atoms. The standard InChI is InChI=1S/C41H58O/c1-30(18-14-20-32(3)22-24-38-35(6)26-34(5)28-40(38,8)9)16-12-13-17-31(2)19-15-21-33(4)23-25-39-36(7)27-37(42)29-41(39,10)11/h12-25,34,37,42H,26-29H2,1-11H3/b13-12+,18-14+,19-15+,24-22+,25-23+,30-16+,31-17+,32-20+,33-21+/t34-,37+/m1/s1. The van der Waals surface area contributed by atoms with E-state index in [0.717, 1.165) is 18.8 Å². The zero-order chi connectivity index (χ0) is 31.5.